The maximum Gasteiger partial charge on any atom is 0.253 e. The summed E-state index contributed by atoms with van der Waals surface area (Å²) in [6.07, 6.45) is 1.05. The molecule has 0 fully saturated rings. The Morgan fingerprint density at radius 1 is 1.03 bits per heavy atom. The lowest BCUT2D eigenvalue weighted by molar-refractivity contribution is -0.114. The van der Waals surface area contributed by atoms with E-state index >= 15 is 0 Å². The van der Waals surface area contributed by atoms with Crippen LogP contribution in [0.3, 0.4) is 0 Å². The van der Waals surface area contributed by atoms with E-state index in [0.717, 1.165) is 16.1 Å². The minimum absolute atomic E-state index is 0.290. The number of rotatable bonds is 8. The summed E-state index contributed by atoms with van der Waals surface area (Å²) in [6, 6.07) is 13.5. The quantitative estimate of drug-likeness (QED) is 0.690. The molecule has 2 aromatic carbocycles. The molecule has 0 saturated heterocycles. The molecule has 0 spiro atoms. The molecule has 8 heteroatoms. The number of sulfonamides is 1. The van der Waals surface area contributed by atoms with E-state index in [9.17, 15) is 18.0 Å². The number of nitrogens with zero attached hydrogens (tertiary/aromatic N) is 1. The van der Waals surface area contributed by atoms with E-state index in [2.05, 4.69) is 10.6 Å². The first-order valence-electron chi connectivity index (χ1n) is 9.29. The lowest BCUT2D eigenvalue weighted by atomic mass is 10.1. The van der Waals surface area contributed by atoms with E-state index in [-0.39, 0.29) is 5.91 Å². The van der Waals surface area contributed by atoms with Crippen LogP contribution in [0.1, 0.15) is 29.8 Å². The van der Waals surface area contributed by atoms with Crippen LogP contribution in [0, 0.1) is 12.8 Å². The Balaban J connectivity index is 2.19. The Bertz CT molecular complexity index is 970. The highest BCUT2D eigenvalue weighted by Crippen LogP contribution is 2.19. The lowest BCUT2D eigenvalue weighted by Gasteiger charge is -2.22. The molecule has 0 heterocycles. The average Bonchev–Trinajstić information content (AvgIpc) is 2.64. The van der Waals surface area contributed by atoms with Crippen LogP contribution in [0.15, 0.2) is 48.5 Å². The van der Waals surface area contributed by atoms with Crippen LogP contribution < -0.4 is 14.9 Å². The number of amides is 2. The normalized spacial score (nSPS) is 11.2. The van der Waals surface area contributed by atoms with Gasteiger partial charge in [-0.2, -0.15) is 0 Å². The second-order valence-corrected chi connectivity index (χ2v) is 9.21. The first-order valence-corrected chi connectivity index (χ1v) is 11.1. The van der Waals surface area contributed by atoms with Gasteiger partial charge in [-0.3, -0.25) is 13.9 Å². The molecule has 7 nitrogen and oxygen atoms in total. The summed E-state index contributed by atoms with van der Waals surface area (Å²) in [5.41, 5.74) is 2.03. The second kappa shape index (κ2) is 9.56. The molecule has 0 aliphatic heterocycles. The summed E-state index contributed by atoms with van der Waals surface area (Å²) in [6.45, 7) is 5.97. The van der Waals surface area contributed by atoms with E-state index < -0.39 is 22.5 Å². The van der Waals surface area contributed by atoms with Crippen molar-refractivity contribution in [3.63, 3.8) is 0 Å². The Morgan fingerprint density at radius 2 is 1.66 bits per heavy atom. The summed E-state index contributed by atoms with van der Waals surface area (Å²) in [5.74, 6) is -0.549. The Labute approximate surface area is 172 Å². The molecule has 0 unspecified atom stereocenters. The molecule has 0 bridgehead atoms. The fourth-order valence-corrected chi connectivity index (χ4v) is 3.47. The van der Waals surface area contributed by atoms with Gasteiger partial charge in [-0.15, -0.1) is 0 Å². The van der Waals surface area contributed by atoms with Gasteiger partial charge in [0.2, 0.25) is 15.9 Å². The van der Waals surface area contributed by atoms with Crippen molar-refractivity contribution in [3.05, 3.63) is 59.7 Å². The van der Waals surface area contributed by atoms with E-state index in [4.69, 9.17) is 0 Å². The fraction of sp³-hybridized carbons (Fsp3) is 0.333. The van der Waals surface area contributed by atoms with E-state index in [0.29, 0.717) is 29.4 Å². The first-order chi connectivity index (χ1) is 13.6. The van der Waals surface area contributed by atoms with Gasteiger partial charge in [-0.05, 0) is 37.1 Å². The van der Waals surface area contributed by atoms with Gasteiger partial charge >= 0.3 is 0 Å². The maximum absolute atomic E-state index is 12.6. The van der Waals surface area contributed by atoms with E-state index in [1.54, 1.807) is 48.5 Å². The minimum Gasteiger partial charge on any atom is -0.352 e. The molecule has 2 N–H and O–H groups in total. The molecule has 0 atom stereocenters. The Kier molecular flexibility index (Phi) is 7.39. The molecule has 0 aliphatic rings. The topological polar surface area (TPSA) is 95.6 Å². The van der Waals surface area contributed by atoms with Crippen molar-refractivity contribution < 1.29 is 18.0 Å². The smallest absolute Gasteiger partial charge is 0.253 e. The maximum atomic E-state index is 12.6. The lowest BCUT2D eigenvalue weighted by Crippen LogP contribution is -2.37. The molecule has 2 rings (SSSR count). The van der Waals surface area contributed by atoms with Crippen molar-refractivity contribution in [3.8, 4) is 0 Å². The molecule has 0 saturated carbocycles. The third-order valence-corrected chi connectivity index (χ3v) is 5.27. The number of hydrogen-bond donors (Lipinski definition) is 2. The van der Waals surface area contributed by atoms with Crippen LogP contribution in [0.2, 0.25) is 0 Å². The summed E-state index contributed by atoms with van der Waals surface area (Å²) >= 11 is 0. The predicted molar refractivity (Wildman–Crippen MR) is 116 cm³/mol. The van der Waals surface area contributed by atoms with Gasteiger partial charge in [0.05, 0.1) is 23.2 Å². The van der Waals surface area contributed by atoms with Crippen molar-refractivity contribution in [2.75, 3.05) is 29.0 Å². The van der Waals surface area contributed by atoms with Gasteiger partial charge in [0.25, 0.3) is 5.91 Å². The average molecular weight is 418 g/mol. The molecular weight excluding hydrogens is 390 g/mol. The highest BCUT2D eigenvalue weighted by molar-refractivity contribution is 7.92. The standard InChI is InChI=1S/C21H27N3O4S/c1-15(2)13-22-21(26)18-7-5-6-8-19(18)23-20(25)14-24(29(4,27)28)17-11-9-16(3)10-12-17/h5-12,15H,13-14H2,1-4H3,(H,22,26)(H,23,25). The van der Waals surface area contributed by atoms with Gasteiger partial charge < -0.3 is 10.6 Å². The molecule has 0 aliphatic carbocycles. The minimum atomic E-state index is -3.67. The zero-order valence-electron chi connectivity index (χ0n) is 17.1. The van der Waals surface area contributed by atoms with Crippen molar-refractivity contribution in [1.29, 1.82) is 0 Å². The molecular formula is C21H27N3O4S. The monoisotopic (exact) mass is 417 g/mol. The van der Waals surface area contributed by atoms with Gasteiger partial charge in [-0.1, -0.05) is 43.7 Å². The SMILES string of the molecule is Cc1ccc(N(CC(=O)Nc2ccccc2C(=O)NCC(C)C)S(C)(=O)=O)cc1. The van der Waals surface area contributed by atoms with Crippen LogP contribution >= 0.6 is 0 Å². The number of para-hydroxylation sites is 1. The van der Waals surface area contributed by atoms with E-state index in [1.807, 2.05) is 20.8 Å². The Morgan fingerprint density at radius 3 is 2.24 bits per heavy atom. The first kappa shape index (κ1) is 22.4. The largest absolute Gasteiger partial charge is 0.352 e. The molecule has 0 aromatic heterocycles. The number of nitrogens with one attached hydrogen (secondary N) is 2. The third kappa shape index (κ3) is 6.60. The summed E-state index contributed by atoms with van der Waals surface area (Å²) in [4.78, 5) is 25.0. The number of hydrogen-bond acceptors (Lipinski definition) is 4. The van der Waals surface area contributed by atoms with Gasteiger partial charge in [0.15, 0.2) is 0 Å². The van der Waals surface area contributed by atoms with Crippen molar-refractivity contribution in [2.45, 2.75) is 20.8 Å². The van der Waals surface area contributed by atoms with Crippen LogP contribution in [0.5, 0.6) is 0 Å². The van der Waals surface area contributed by atoms with Gasteiger partial charge in [-0.25, -0.2) is 8.42 Å². The molecule has 29 heavy (non-hydrogen) atoms. The van der Waals surface area contributed by atoms with Crippen LogP contribution in [0.4, 0.5) is 11.4 Å². The number of anilines is 2. The van der Waals surface area contributed by atoms with E-state index in [1.165, 1.54) is 0 Å². The van der Waals surface area contributed by atoms with Crippen molar-refractivity contribution >= 4 is 33.2 Å². The van der Waals surface area contributed by atoms with Gasteiger partial charge in [0, 0.05) is 6.54 Å². The van der Waals surface area contributed by atoms with Crippen LogP contribution in [-0.2, 0) is 14.8 Å². The zero-order valence-corrected chi connectivity index (χ0v) is 17.9. The number of carbonyl (C=O) groups is 2. The number of aryl methyl sites for hydroxylation is 1. The Hall–Kier alpha value is -2.87. The highest BCUT2D eigenvalue weighted by Gasteiger charge is 2.22. The van der Waals surface area contributed by atoms with Crippen LogP contribution in [0.25, 0.3) is 0 Å². The highest BCUT2D eigenvalue weighted by atomic mass is 32.2. The molecule has 2 amide bonds. The van der Waals surface area contributed by atoms with Gasteiger partial charge in [0.1, 0.15) is 6.54 Å². The zero-order chi connectivity index (χ0) is 21.6. The predicted octanol–water partition coefficient (Wildman–Crippen LogP) is 2.79. The summed E-state index contributed by atoms with van der Waals surface area (Å²) in [5, 5.41) is 5.47. The van der Waals surface area contributed by atoms with Crippen molar-refractivity contribution in [1.82, 2.24) is 5.32 Å². The van der Waals surface area contributed by atoms with Crippen LogP contribution in [-0.4, -0.2) is 39.6 Å². The number of benzene rings is 2. The fourth-order valence-electron chi connectivity index (χ4n) is 2.61. The molecule has 0 radical (unpaired) electrons. The van der Waals surface area contributed by atoms with Crippen molar-refractivity contribution in [2.24, 2.45) is 5.92 Å². The molecule has 156 valence electrons. The number of carbonyl (C=O) groups excluding carboxylic acids is 2. The second-order valence-electron chi connectivity index (χ2n) is 7.30. The third-order valence-electron chi connectivity index (χ3n) is 4.13. The molecule has 2 aromatic rings. The summed E-state index contributed by atoms with van der Waals surface area (Å²) < 4.78 is 25.5. The summed E-state index contributed by atoms with van der Waals surface area (Å²) in [7, 11) is -3.67.